The normalized spacial score (nSPS) is 11.9. The summed E-state index contributed by atoms with van der Waals surface area (Å²) >= 11 is 3.24. The Balaban J connectivity index is 2.94. The van der Waals surface area contributed by atoms with Crippen LogP contribution in [0.4, 0.5) is 5.69 Å². The molecule has 0 aliphatic heterocycles. The first-order valence-electron chi connectivity index (χ1n) is 5.04. The summed E-state index contributed by atoms with van der Waals surface area (Å²) in [6.07, 6.45) is 8.83. The van der Waals surface area contributed by atoms with Gasteiger partial charge in [-0.1, -0.05) is 19.3 Å². The fraction of sp³-hybridized carbons (Fsp3) is 0.455. The van der Waals surface area contributed by atoms with E-state index in [-0.39, 0.29) is 11.6 Å². The maximum atomic E-state index is 11.6. The van der Waals surface area contributed by atoms with Gasteiger partial charge >= 0.3 is 0 Å². The van der Waals surface area contributed by atoms with Gasteiger partial charge in [0.2, 0.25) is 0 Å². The molecule has 0 amide bonds. The highest BCUT2D eigenvalue weighted by molar-refractivity contribution is 9.10. The van der Waals surface area contributed by atoms with Crippen LogP contribution in [0.5, 0.6) is 0 Å². The second kappa shape index (κ2) is 5.71. The number of rotatable bonds is 4. The van der Waals surface area contributed by atoms with E-state index in [4.69, 9.17) is 6.42 Å². The largest absolute Gasteiger partial charge is 0.369 e. The van der Waals surface area contributed by atoms with Crippen LogP contribution in [0, 0.1) is 12.3 Å². The summed E-state index contributed by atoms with van der Waals surface area (Å²) in [6.45, 7) is 2.06. The fourth-order valence-corrected chi connectivity index (χ4v) is 1.76. The number of halogens is 1. The van der Waals surface area contributed by atoms with Gasteiger partial charge < -0.3 is 5.32 Å². The Morgan fingerprint density at radius 1 is 1.75 bits per heavy atom. The lowest BCUT2D eigenvalue weighted by atomic mass is 10.2. The van der Waals surface area contributed by atoms with E-state index < -0.39 is 0 Å². The van der Waals surface area contributed by atoms with Gasteiger partial charge in [0.25, 0.3) is 5.56 Å². The molecule has 1 N–H and O–H groups in total. The Labute approximate surface area is 103 Å². The molecule has 1 atom stereocenters. The molecule has 0 aliphatic carbocycles. The lowest BCUT2D eigenvalue weighted by Gasteiger charge is -2.14. The van der Waals surface area contributed by atoms with Crippen molar-refractivity contribution < 1.29 is 0 Å². The van der Waals surface area contributed by atoms with Crippen molar-refractivity contribution in [3.05, 3.63) is 21.0 Å². The second-order valence-electron chi connectivity index (χ2n) is 3.45. The SMILES string of the molecule is C#CC(CCC)Nc1cnn(C)c(=O)c1Br. The minimum atomic E-state index is -0.183. The molecule has 5 heteroatoms. The number of nitrogens with zero attached hydrogens (tertiary/aromatic N) is 2. The summed E-state index contributed by atoms with van der Waals surface area (Å²) in [7, 11) is 1.60. The van der Waals surface area contributed by atoms with E-state index in [0.717, 1.165) is 12.8 Å². The Morgan fingerprint density at radius 3 is 3.00 bits per heavy atom. The highest BCUT2D eigenvalue weighted by Gasteiger charge is 2.10. The quantitative estimate of drug-likeness (QED) is 0.857. The van der Waals surface area contributed by atoms with E-state index in [1.54, 1.807) is 13.2 Å². The molecule has 1 unspecified atom stereocenters. The average molecular weight is 284 g/mol. The smallest absolute Gasteiger partial charge is 0.282 e. The van der Waals surface area contributed by atoms with Crippen molar-refractivity contribution in [3.8, 4) is 12.3 Å². The average Bonchev–Trinajstić information content (AvgIpc) is 2.29. The number of hydrogen-bond donors (Lipinski definition) is 1. The van der Waals surface area contributed by atoms with Crippen molar-refractivity contribution in [2.75, 3.05) is 5.32 Å². The Hall–Kier alpha value is -1.28. The Kier molecular flexibility index (Phi) is 4.56. The van der Waals surface area contributed by atoms with Crippen molar-refractivity contribution in [3.63, 3.8) is 0 Å². The summed E-state index contributed by atoms with van der Waals surface area (Å²) < 4.78 is 1.72. The minimum Gasteiger partial charge on any atom is -0.369 e. The van der Waals surface area contributed by atoms with Crippen LogP contribution >= 0.6 is 15.9 Å². The van der Waals surface area contributed by atoms with Crippen LogP contribution in [-0.2, 0) is 7.05 Å². The summed E-state index contributed by atoms with van der Waals surface area (Å²) in [5.74, 6) is 2.64. The third-order valence-corrected chi connectivity index (χ3v) is 2.95. The van der Waals surface area contributed by atoms with Crippen LogP contribution in [0.1, 0.15) is 19.8 Å². The third-order valence-electron chi connectivity index (χ3n) is 2.19. The van der Waals surface area contributed by atoms with Crippen molar-refractivity contribution in [2.45, 2.75) is 25.8 Å². The van der Waals surface area contributed by atoms with Crippen LogP contribution in [0.3, 0.4) is 0 Å². The number of nitrogens with one attached hydrogen (secondary N) is 1. The van der Waals surface area contributed by atoms with Crippen molar-refractivity contribution >= 4 is 21.6 Å². The summed E-state index contributed by atoms with van der Waals surface area (Å²) in [4.78, 5) is 11.6. The maximum Gasteiger partial charge on any atom is 0.282 e. The topological polar surface area (TPSA) is 46.9 Å². The Morgan fingerprint density at radius 2 is 2.44 bits per heavy atom. The molecule has 1 heterocycles. The molecule has 1 aromatic rings. The lowest BCUT2D eigenvalue weighted by molar-refractivity contribution is 0.698. The van der Waals surface area contributed by atoms with E-state index in [1.165, 1.54) is 4.68 Å². The molecule has 0 aromatic carbocycles. The first kappa shape index (κ1) is 12.8. The first-order chi connectivity index (χ1) is 7.60. The molecule has 86 valence electrons. The predicted molar refractivity (Wildman–Crippen MR) is 68.3 cm³/mol. The van der Waals surface area contributed by atoms with Gasteiger partial charge in [0.1, 0.15) is 4.47 Å². The third kappa shape index (κ3) is 2.86. The molecule has 0 bridgehead atoms. The molecule has 0 radical (unpaired) electrons. The number of hydrogen-bond acceptors (Lipinski definition) is 3. The predicted octanol–water partition coefficient (Wildman–Crippen LogP) is 1.76. The van der Waals surface area contributed by atoms with E-state index in [9.17, 15) is 4.79 Å². The van der Waals surface area contributed by atoms with Gasteiger partial charge in [-0.25, -0.2) is 4.68 Å². The maximum absolute atomic E-state index is 11.6. The van der Waals surface area contributed by atoms with Gasteiger partial charge in [-0.2, -0.15) is 5.10 Å². The van der Waals surface area contributed by atoms with Gasteiger partial charge in [-0.05, 0) is 22.4 Å². The molecule has 1 aromatic heterocycles. The van der Waals surface area contributed by atoms with Crippen LogP contribution in [-0.4, -0.2) is 15.8 Å². The number of aromatic nitrogens is 2. The van der Waals surface area contributed by atoms with E-state index in [0.29, 0.717) is 10.2 Å². The summed E-state index contributed by atoms with van der Waals surface area (Å²) in [5.41, 5.74) is 0.455. The molecule has 0 saturated heterocycles. The monoisotopic (exact) mass is 283 g/mol. The van der Waals surface area contributed by atoms with Crippen molar-refractivity contribution in [1.29, 1.82) is 0 Å². The van der Waals surface area contributed by atoms with Gasteiger partial charge in [-0.3, -0.25) is 4.79 Å². The molecular weight excluding hydrogens is 270 g/mol. The number of anilines is 1. The number of aryl methyl sites for hydroxylation is 1. The molecule has 0 fully saturated rings. The van der Waals surface area contributed by atoms with Crippen LogP contribution in [0.25, 0.3) is 0 Å². The zero-order valence-electron chi connectivity index (χ0n) is 9.33. The Bertz CT molecular complexity index is 461. The standard InChI is InChI=1S/C11H14BrN3O/c1-4-6-8(5-2)14-9-7-13-15(3)11(16)10(9)12/h2,7-8,14H,4,6H2,1,3H3. The number of terminal acetylenes is 1. The first-order valence-corrected chi connectivity index (χ1v) is 5.84. The molecule has 16 heavy (non-hydrogen) atoms. The zero-order chi connectivity index (χ0) is 12.1. The molecule has 1 rings (SSSR count). The van der Waals surface area contributed by atoms with Crippen LogP contribution in [0.15, 0.2) is 15.5 Å². The van der Waals surface area contributed by atoms with Gasteiger partial charge in [-0.15, -0.1) is 6.42 Å². The highest BCUT2D eigenvalue weighted by atomic mass is 79.9. The van der Waals surface area contributed by atoms with E-state index in [1.807, 2.05) is 0 Å². The van der Waals surface area contributed by atoms with Crippen LogP contribution in [0.2, 0.25) is 0 Å². The molecule has 0 aliphatic rings. The van der Waals surface area contributed by atoms with Crippen LogP contribution < -0.4 is 10.9 Å². The van der Waals surface area contributed by atoms with Gasteiger partial charge in [0.15, 0.2) is 0 Å². The molecule has 0 spiro atoms. The highest BCUT2D eigenvalue weighted by Crippen LogP contribution is 2.17. The van der Waals surface area contributed by atoms with Crippen molar-refractivity contribution in [2.24, 2.45) is 7.05 Å². The lowest BCUT2D eigenvalue weighted by Crippen LogP contribution is -2.24. The summed E-state index contributed by atoms with van der Waals surface area (Å²) in [6, 6.07) is -0.0739. The molecule has 4 nitrogen and oxygen atoms in total. The fourth-order valence-electron chi connectivity index (χ4n) is 1.28. The van der Waals surface area contributed by atoms with E-state index >= 15 is 0 Å². The molecule has 0 saturated carbocycles. The van der Waals surface area contributed by atoms with E-state index in [2.05, 4.69) is 39.2 Å². The zero-order valence-corrected chi connectivity index (χ0v) is 10.9. The second-order valence-corrected chi connectivity index (χ2v) is 4.25. The summed E-state index contributed by atoms with van der Waals surface area (Å²) in [5, 5.41) is 7.04. The van der Waals surface area contributed by atoms with Gasteiger partial charge in [0, 0.05) is 7.05 Å². The van der Waals surface area contributed by atoms with Crippen molar-refractivity contribution in [1.82, 2.24) is 9.78 Å². The van der Waals surface area contributed by atoms with Gasteiger partial charge in [0.05, 0.1) is 17.9 Å². The minimum absolute atomic E-state index is 0.0739. The molecular formula is C11H14BrN3O.